The Bertz CT molecular complexity index is 1560. The summed E-state index contributed by atoms with van der Waals surface area (Å²) in [6.07, 6.45) is 3.63. The summed E-state index contributed by atoms with van der Waals surface area (Å²) >= 11 is 0. The highest BCUT2D eigenvalue weighted by atomic mass is 32.2. The predicted octanol–water partition coefficient (Wildman–Crippen LogP) is 5.91. The van der Waals surface area contributed by atoms with Gasteiger partial charge in [0.25, 0.3) is 0 Å². The second-order valence-corrected chi connectivity index (χ2v) is 13.4. The van der Waals surface area contributed by atoms with Crippen molar-refractivity contribution in [2.24, 2.45) is 11.8 Å². The van der Waals surface area contributed by atoms with Gasteiger partial charge in [-0.2, -0.15) is 0 Å². The van der Waals surface area contributed by atoms with Crippen LogP contribution in [0.1, 0.15) is 60.1 Å². The summed E-state index contributed by atoms with van der Waals surface area (Å²) in [6.45, 7) is 8.26. The number of nitrogens with zero attached hydrogens (tertiary/aromatic N) is 1. The number of aryl methyl sites for hydroxylation is 2. The van der Waals surface area contributed by atoms with Gasteiger partial charge in [0.2, 0.25) is 5.88 Å². The Labute approximate surface area is 241 Å². The summed E-state index contributed by atoms with van der Waals surface area (Å²) in [5.74, 6) is 1.07. The molecule has 0 amide bonds. The fourth-order valence-corrected chi connectivity index (χ4v) is 6.76. The smallest absolute Gasteiger partial charge is 0.309 e. The molecular weight excluding hydrogens is 545 g/mol. The maximum Gasteiger partial charge on any atom is 0.309 e. The summed E-state index contributed by atoms with van der Waals surface area (Å²) in [6, 6.07) is 10.8. The van der Waals surface area contributed by atoms with Gasteiger partial charge < -0.3 is 14.2 Å². The molecule has 1 aromatic heterocycles. The van der Waals surface area contributed by atoms with Crippen molar-refractivity contribution >= 4 is 15.8 Å². The molecule has 2 aliphatic carbocycles. The van der Waals surface area contributed by atoms with Crippen molar-refractivity contribution in [3.05, 3.63) is 76.2 Å². The van der Waals surface area contributed by atoms with Crippen molar-refractivity contribution in [3.63, 3.8) is 0 Å². The minimum atomic E-state index is -3.02. The normalized spacial score (nSPS) is 19.7. The van der Waals surface area contributed by atoms with E-state index in [9.17, 15) is 13.2 Å². The highest BCUT2D eigenvalue weighted by Crippen LogP contribution is 2.62. The summed E-state index contributed by atoms with van der Waals surface area (Å²) in [7, 11) is -3.02. The molecule has 4 atom stereocenters. The van der Waals surface area contributed by atoms with Gasteiger partial charge in [0.05, 0.1) is 24.9 Å². The number of carbonyl (C=O) groups is 1. The molecule has 4 unspecified atom stereocenters. The molecule has 7 nitrogen and oxygen atoms in total. The molecule has 2 aromatic carbocycles. The number of benzene rings is 2. The van der Waals surface area contributed by atoms with Gasteiger partial charge in [0.1, 0.15) is 27.5 Å². The zero-order valence-corrected chi connectivity index (χ0v) is 24.9. The topological polar surface area (TPSA) is 91.8 Å². The van der Waals surface area contributed by atoms with E-state index in [0.29, 0.717) is 36.8 Å². The van der Waals surface area contributed by atoms with Crippen molar-refractivity contribution in [1.82, 2.24) is 4.98 Å². The molecular formula is C32H36FNO6S. The Balaban J connectivity index is 1.28. The zero-order valence-electron chi connectivity index (χ0n) is 24.1. The molecule has 1 heterocycles. The molecule has 2 aliphatic rings. The van der Waals surface area contributed by atoms with E-state index in [1.807, 2.05) is 45.0 Å². The number of fused-ring (bicyclic) bond motifs is 3. The molecule has 3 aromatic rings. The maximum absolute atomic E-state index is 15.0. The zero-order chi connectivity index (χ0) is 29.5. The predicted molar refractivity (Wildman–Crippen MR) is 154 cm³/mol. The molecule has 218 valence electrons. The first-order chi connectivity index (χ1) is 19.5. The second-order valence-electron chi connectivity index (χ2n) is 11.2. The SMILES string of the molecule is CCOC(=O)C1C2Cc3cc(OC(C)c4cc(-c5c(C)cc(OCCCS(C)(=O)=O)cc5C)ccc4F)ncc3C21. The lowest BCUT2D eigenvalue weighted by Gasteiger charge is -2.19. The average Bonchev–Trinajstić information content (AvgIpc) is 3.48. The molecule has 0 aliphatic heterocycles. The summed E-state index contributed by atoms with van der Waals surface area (Å²) < 4.78 is 54.8. The van der Waals surface area contributed by atoms with Crippen LogP contribution in [-0.4, -0.2) is 44.6 Å². The Kier molecular flexibility index (Phi) is 8.10. The minimum absolute atomic E-state index is 0.0702. The van der Waals surface area contributed by atoms with Crippen LogP contribution >= 0.6 is 0 Å². The third-order valence-corrected chi connectivity index (χ3v) is 9.03. The number of esters is 1. The number of hydrogen-bond donors (Lipinski definition) is 0. The van der Waals surface area contributed by atoms with Crippen LogP contribution in [0.15, 0.2) is 42.6 Å². The van der Waals surface area contributed by atoms with Gasteiger partial charge in [0.15, 0.2) is 0 Å². The van der Waals surface area contributed by atoms with Gasteiger partial charge in [-0.25, -0.2) is 17.8 Å². The fourth-order valence-electron chi connectivity index (χ4n) is 6.12. The lowest BCUT2D eigenvalue weighted by Crippen LogP contribution is -2.11. The Morgan fingerprint density at radius 2 is 1.88 bits per heavy atom. The lowest BCUT2D eigenvalue weighted by molar-refractivity contribution is -0.145. The molecule has 1 fully saturated rings. The third kappa shape index (κ3) is 6.25. The van der Waals surface area contributed by atoms with Crippen LogP contribution in [0.2, 0.25) is 0 Å². The van der Waals surface area contributed by atoms with E-state index >= 15 is 4.39 Å². The maximum atomic E-state index is 15.0. The lowest BCUT2D eigenvalue weighted by atomic mass is 9.93. The van der Waals surface area contributed by atoms with Crippen LogP contribution < -0.4 is 9.47 Å². The number of pyridine rings is 1. The first-order valence-corrected chi connectivity index (χ1v) is 16.1. The van der Waals surface area contributed by atoms with E-state index in [4.69, 9.17) is 14.2 Å². The van der Waals surface area contributed by atoms with E-state index < -0.39 is 15.9 Å². The van der Waals surface area contributed by atoms with Crippen molar-refractivity contribution in [1.29, 1.82) is 0 Å². The molecule has 1 saturated carbocycles. The Hall–Kier alpha value is -3.46. The number of ether oxygens (including phenoxy) is 3. The van der Waals surface area contributed by atoms with E-state index in [1.54, 1.807) is 19.2 Å². The number of sulfone groups is 1. The third-order valence-electron chi connectivity index (χ3n) is 8.00. The monoisotopic (exact) mass is 581 g/mol. The Morgan fingerprint density at radius 3 is 2.56 bits per heavy atom. The van der Waals surface area contributed by atoms with Crippen LogP contribution in [0.5, 0.6) is 11.6 Å². The number of rotatable bonds is 11. The molecule has 9 heteroatoms. The summed E-state index contributed by atoms with van der Waals surface area (Å²) in [4.78, 5) is 16.7. The summed E-state index contributed by atoms with van der Waals surface area (Å²) in [5, 5.41) is 0. The van der Waals surface area contributed by atoms with Crippen LogP contribution in [-0.2, 0) is 25.8 Å². The fraction of sp³-hybridized carbons (Fsp3) is 0.438. The quantitative estimate of drug-likeness (QED) is 0.205. The average molecular weight is 582 g/mol. The van der Waals surface area contributed by atoms with Crippen molar-refractivity contribution in [2.75, 3.05) is 25.2 Å². The molecule has 0 spiro atoms. The summed E-state index contributed by atoms with van der Waals surface area (Å²) in [5.41, 5.74) is 6.40. The number of hydrogen-bond acceptors (Lipinski definition) is 7. The van der Waals surface area contributed by atoms with Gasteiger partial charge >= 0.3 is 5.97 Å². The van der Waals surface area contributed by atoms with Gasteiger partial charge in [-0.15, -0.1) is 0 Å². The minimum Gasteiger partial charge on any atom is -0.494 e. The van der Waals surface area contributed by atoms with Crippen molar-refractivity contribution in [3.8, 4) is 22.8 Å². The van der Waals surface area contributed by atoms with E-state index in [2.05, 4.69) is 4.98 Å². The van der Waals surface area contributed by atoms with Crippen LogP contribution in [0.4, 0.5) is 4.39 Å². The highest BCUT2D eigenvalue weighted by molar-refractivity contribution is 7.90. The largest absolute Gasteiger partial charge is 0.494 e. The van der Waals surface area contributed by atoms with Gasteiger partial charge in [-0.05, 0) is 104 Å². The number of aromatic nitrogens is 1. The first kappa shape index (κ1) is 29.0. The molecule has 0 bridgehead atoms. The Morgan fingerprint density at radius 1 is 1.15 bits per heavy atom. The first-order valence-electron chi connectivity index (χ1n) is 14.0. The van der Waals surface area contributed by atoms with Crippen LogP contribution in [0.3, 0.4) is 0 Å². The number of carbonyl (C=O) groups excluding carboxylic acids is 1. The van der Waals surface area contributed by atoms with Gasteiger partial charge in [-0.3, -0.25) is 4.79 Å². The standard InChI is InChI=1S/C32H36FNO6S/c1-6-38-32(35)31-25-15-22-16-28(34-17-26(22)30(25)31)40-20(4)24-14-21(8-9-27(24)33)29-18(2)12-23(13-19(29)3)39-10-7-11-41(5,36)37/h8-9,12-14,16-17,20,25,30-31H,6-7,10-11,15H2,1-5H3. The van der Waals surface area contributed by atoms with Crippen molar-refractivity contribution in [2.45, 2.75) is 52.6 Å². The van der Waals surface area contributed by atoms with Crippen LogP contribution in [0.25, 0.3) is 11.1 Å². The van der Waals surface area contributed by atoms with E-state index in [0.717, 1.165) is 39.8 Å². The van der Waals surface area contributed by atoms with Gasteiger partial charge in [0, 0.05) is 30.0 Å². The molecule has 41 heavy (non-hydrogen) atoms. The highest BCUT2D eigenvalue weighted by Gasteiger charge is 2.60. The van der Waals surface area contributed by atoms with E-state index in [1.165, 1.54) is 12.3 Å². The van der Waals surface area contributed by atoms with Crippen LogP contribution in [0, 0.1) is 31.5 Å². The molecule has 0 N–H and O–H groups in total. The molecule has 0 saturated heterocycles. The van der Waals surface area contributed by atoms with Gasteiger partial charge in [-0.1, -0.05) is 6.07 Å². The second kappa shape index (κ2) is 11.4. The molecule has 0 radical (unpaired) electrons. The van der Waals surface area contributed by atoms with Crippen molar-refractivity contribution < 1.29 is 31.8 Å². The number of halogens is 1. The molecule has 5 rings (SSSR count). The van der Waals surface area contributed by atoms with E-state index in [-0.39, 0.29) is 35.3 Å².